The van der Waals surface area contributed by atoms with Gasteiger partial charge in [-0.05, 0) is 24.8 Å². The van der Waals surface area contributed by atoms with Gasteiger partial charge in [-0.3, -0.25) is 0 Å². The lowest BCUT2D eigenvalue weighted by atomic mass is 10.1. The van der Waals surface area contributed by atoms with Crippen molar-refractivity contribution in [2.45, 2.75) is 23.1 Å². The van der Waals surface area contributed by atoms with Gasteiger partial charge in [-0.15, -0.1) is 6.42 Å². The van der Waals surface area contributed by atoms with Gasteiger partial charge in [-0.2, -0.15) is 0 Å². The Morgan fingerprint density at radius 2 is 2.19 bits per heavy atom. The first-order chi connectivity index (χ1) is 7.70. The Morgan fingerprint density at radius 1 is 1.44 bits per heavy atom. The molecule has 0 amide bonds. The maximum absolute atomic E-state index is 13.8. The van der Waals surface area contributed by atoms with E-state index in [0.29, 0.717) is 16.5 Å². The molecule has 4 heteroatoms. The summed E-state index contributed by atoms with van der Waals surface area (Å²) in [6, 6.07) is 1.33. The lowest BCUT2D eigenvalue weighted by Gasteiger charge is -2.08. The topological polar surface area (TPSA) is 12.0 Å². The van der Waals surface area contributed by atoms with E-state index < -0.39 is 11.6 Å². The van der Waals surface area contributed by atoms with Crippen LogP contribution in [0.3, 0.4) is 0 Å². The molecule has 0 aromatic heterocycles. The number of rotatable bonds is 1. The number of hydrogen-bond donors (Lipinski definition) is 1. The number of terminal acetylenes is 1. The quantitative estimate of drug-likeness (QED) is 0.753. The van der Waals surface area contributed by atoms with E-state index >= 15 is 0 Å². The van der Waals surface area contributed by atoms with Crippen LogP contribution in [0.4, 0.5) is 14.5 Å². The first kappa shape index (κ1) is 9.98. The number of benzene rings is 1. The summed E-state index contributed by atoms with van der Waals surface area (Å²) >= 11 is 1.49. The molecule has 16 heavy (non-hydrogen) atoms. The van der Waals surface area contributed by atoms with Gasteiger partial charge >= 0.3 is 0 Å². The van der Waals surface area contributed by atoms with E-state index in [1.807, 2.05) is 0 Å². The second kappa shape index (κ2) is 3.39. The van der Waals surface area contributed by atoms with Crippen molar-refractivity contribution in [2.75, 3.05) is 5.32 Å². The average molecular weight is 237 g/mol. The van der Waals surface area contributed by atoms with Gasteiger partial charge in [0.2, 0.25) is 0 Å². The molecule has 1 heterocycles. The fourth-order valence-electron chi connectivity index (χ4n) is 1.88. The van der Waals surface area contributed by atoms with Crippen LogP contribution in [0, 0.1) is 29.9 Å². The van der Waals surface area contributed by atoms with Crippen molar-refractivity contribution in [1.82, 2.24) is 0 Å². The maximum atomic E-state index is 13.8. The fraction of sp³-hybridized carbons (Fsp3) is 0.333. The van der Waals surface area contributed by atoms with E-state index in [1.165, 1.54) is 17.8 Å². The van der Waals surface area contributed by atoms with Gasteiger partial charge in [0, 0.05) is 4.90 Å². The summed E-state index contributed by atoms with van der Waals surface area (Å²) < 4.78 is 27.3. The molecule has 0 radical (unpaired) electrons. The van der Waals surface area contributed by atoms with Crippen molar-refractivity contribution in [2.24, 2.45) is 5.92 Å². The van der Waals surface area contributed by atoms with E-state index in [4.69, 9.17) is 6.42 Å². The number of nitrogens with one attached hydrogen (secondary N) is 1. The molecule has 1 atom stereocenters. The molecule has 1 N–H and O–H groups in total. The highest BCUT2D eigenvalue weighted by molar-refractivity contribution is 8.00. The molecule has 1 aliphatic heterocycles. The summed E-state index contributed by atoms with van der Waals surface area (Å²) in [6.07, 6.45) is 7.40. The van der Waals surface area contributed by atoms with Crippen LogP contribution in [-0.2, 0) is 0 Å². The van der Waals surface area contributed by atoms with Crippen molar-refractivity contribution in [3.63, 3.8) is 0 Å². The molecule has 1 saturated carbocycles. The first-order valence-electron chi connectivity index (χ1n) is 5.12. The van der Waals surface area contributed by atoms with Crippen molar-refractivity contribution in [3.05, 3.63) is 23.3 Å². The summed E-state index contributed by atoms with van der Waals surface area (Å²) in [5, 5.41) is 3.27. The van der Waals surface area contributed by atoms with Gasteiger partial charge in [0.05, 0.1) is 16.6 Å². The van der Waals surface area contributed by atoms with Crippen LogP contribution in [0.25, 0.3) is 0 Å². The Balaban J connectivity index is 2.04. The lowest BCUT2D eigenvalue weighted by molar-refractivity contribution is 0.574. The Bertz CT molecular complexity index is 503. The number of fused-ring (bicyclic) bond motifs is 1. The number of halogens is 2. The Kier molecular flexibility index (Phi) is 2.11. The predicted molar refractivity (Wildman–Crippen MR) is 60.3 cm³/mol. The molecule has 0 spiro atoms. The molecule has 3 rings (SSSR count). The first-order valence-corrected chi connectivity index (χ1v) is 6.00. The Hall–Kier alpha value is -1.21. The van der Waals surface area contributed by atoms with Crippen molar-refractivity contribution < 1.29 is 8.78 Å². The number of anilines is 1. The summed E-state index contributed by atoms with van der Waals surface area (Å²) in [6.45, 7) is 0. The van der Waals surface area contributed by atoms with E-state index in [2.05, 4.69) is 11.2 Å². The Morgan fingerprint density at radius 3 is 2.81 bits per heavy atom. The molecule has 0 saturated heterocycles. The Labute approximate surface area is 96.6 Å². The van der Waals surface area contributed by atoms with Gasteiger partial charge in [0.1, 0.15) is 5.82 Å². The largest absolute Gasteiger partial charge is 0.369 e. The second-order valence-electron chi connectivity index (χ2n) is 4.09. The summed E-state index contributed by atoms with van der Waals surface area (Å²) in [4.78, 5) is 0.630. The van der Waals surface area contributed by atoms with Gasteiger partial charge in [-0.1, -0.05) is 17.7 Å². The lowest BCUT2D eigenvalue weighted by Crippen LogP contribution is -2.12. The third-order valence-corrected chi connectivity index (χ3v) is 4.25. The van der Waals surface area contributed by atoms with E-state index in [9.17, 15) is 8.78 Å². The minimum atomic E-state index is -0.649. The molecule has 1 unspecified atom stereocenters. The highest BCUT2D eigenvalue weighted by Gasteiger charge is 2.37. The predicted octanol–water partition coefficient (Wildman–Crippen LogP) is 3.20. The highest BCUT2D eigenvalue weighted by Crippen LogP contribution is 2.49. The van der Waals surface area contributed by atoms with Crippen LogP contribution in [0.5, 0.6) is 0 Å². The summed E-state index contributed by atoms with van der Waals surface area (Å²) in [7, 11) is 0. The van der Waals surface area contributed by atoms with Crippen molar-refractivity contribution in [1.29, 1.82) is 0 Å². The van der Waals surface area contributed by atoms with Crippen LogP contribution in [-0.4, -0.2) is 5.37 Å². The normalized spacial score (nSPS) is 22.4. The third kappa shape index (κ3) is 1.39. The smallest absolute Gasteiger partial charge is 0.166 e. The van der Waals surface area contributed by atoms with Gasteiger partial charge < -0.3 is 5.32 Å². The van der Waals surface area contributed by atoms with Crippen LogP contribution < -0.4 is 5.32 Å². The second-order valence-corrected chi connectivity index (χ2v) is 5.27. The van der Waals surface area contributed by atoms with E-state index in [-0.39, 0.29) is 10.9 Å². The van der Waals surface area contributed by atoms with Crippen LogP contribution in [0.15, 0.2) is 11.0 Å². The fourth-order valence-corrected chi connectivity index (χ4v) is 3.23. The molecule has 1 aliphatic carbocycles. The summed E-state index contributed by atoms with van der Waals surface area (Å²) in [5.74, 6) is 1.35. The summed E-state index contributed by atoms with van der Waals surface area (Å²) in [5.41, 5.74) is 0.0968. The van der Waals surface area contributed by atoms with E-state index in [1.54, 1.807) is 0 Å². The molecule has 1 fully saturated rings. The van der Waals surface area contributed by atoms with Crippen LogP contribution in [0.1, 0.15) is 18.4 Å². The molecule has 1 aromatic rings. The van der Waals surface area contributed by atoms with Gasteiger partial charge in [0.25, 0.3) is 0 Å². The van der Waals surface area contributed by atoms with E-state index in [0.717, 1.165) is 12.8 Å². The van der Waals surface area contributed by atoms with Crippen LogP contribution in [0.2, 0.25) is 0 Å². The number of hydrogen-bond acceptors (Lipinski definition) is 2. The molecule has 1 aromatic carbocycles. The molecule has 0 bridgehead atoms. The molecule has 82 valence electrons. The minimum absolute atomic E-state index is 0.178. The zero-order valence-electron chi connectivity index (χ0n) is 8.39. The standard InChI is InChI=1S/C12H9F2NS/c1-2-7-8(13)5-9-11(10(7)14)15-12(16-9)6-3-4-6/h1,5-6,12,15H,3-4H2. The van der Waals surface area contributed by atoms with Gasteiger partial charge in [0.15, 0.2) is 5.82 Å². The van der Waals surface area contributed by atoms with Crippen molar-refractivity contribution in [3.8, 4) is 12.3 Å². The highest BCUT2D eigenvalue weighted by atomic mass is 32.2. The maximum Gasteiger partial charge on any atom is 0.166 e. The van der Waals surface area contributed by atoms with Crippen molar-refractivity contribution >= 4 is 17.4 Å². The zero-order valence-corrected chi connectivity index (χ0v) is 9.20. The SMILES string of the molecule is C#Cc1c(F)cc2c(c1F)NC(C1CC1)S2. The van der Waals surface area contributed by atoms with Gasteiger partial charge in [-0.25, -0.2) is 8.78 Å². The minimum Gasteiger partial charge on any atom is -0.369 e. The van der Waals surface area contributed by atoms with Crippen LogP contribution >= 0.6 is 11.8 Å². The average Bonchev–Trinajstić information content (AvgIpc) is 3.00. The molecular weight excluding hydrogens is 228 g/mol. The molecular formula is C12H9F2NS. The zero-order chi connectivity index (χ0) is 11.3. The monoisotopic (exact) mass is 237 g/mol. The molecule has 1 nitrogen and oxygen atoms in total. The molecule has 2 aliphatic rings. The third-order valence-electron chi connectivity index (χ3n) is 2.92. The number of thioether (sulfide) groups is 1.